The average molecular weight is 414 g/mol. The third-order valence-corrected chi connectivity index (χ3v) is 6.47. The van der Waals surface area contributed by atoms with Crippen LogP contribution in [0.2, 0.25) is 25.7 Å². The summed E-state index contributed by atoms with van der Waals surface area (Å²) in [5.41, 5.74) is 0.0130. The first kappa shape index (κ1) is 19.1. The van der Waals surface area contributed by atoms with Gasteiger partial charge in [-0.2, -0.15) is 0 Å². The molecule has 1 aromatic rings. The Hall–Kier alpha value is -1.18. The summed E-state index contributed by atoms with van der Waals surface area (Å²) in [5, 5.41) is 0. The lowest BCUT2D eigenvalue weighted by Gasteiger charge is -2.22. The van der Waals surface area contributed by atoms with Crippen LogP contribution < -0.4 is 4.90 Å². The molecule has 0 radical (unpaired) electrons. The van der Waals surface area contributed by atoms with Gasteiger partial charge in [-0.25, -0.2) is 0 Å². The summed E-state index contributed by atoms with van der Waals surface area (Å²) in [6, 6.07) is 6.47. The maximum atomic E-state index is 12.9. The van der Waals surface area contributed by atoms with E-state index in [0.717, 1.165) is 10.5 Å². The maximum Gasteiger partial charge on any atom is 0.325 e. The Morgan fingerprint density at radius 1 is 1.33 bits per heavy atom. The number of carbonyl (C=O) groups is 2. The first-order valence-corrected chi connectivity index (χ1v) is 12.4. The van der Waals surface area contributed by atoms with E-state index in [1.165, 1.54) is 12.0 Å². The molecular weight excluding hydrogens is 390 g/mol. The first-order chi connectivity index (χ1) is 11.1. The van der Waals surface area contributed by atoms with Gasteiger partial charge in [-0.3, -0.25) is 14.5 Å². The van der Waals surface area contributed by atoms with Gasteiger partial charge in [-0.05, 0) is 25.1 Å². The summed E-state index contributed by atoms with van der Waals surface area (Å²) in [7, 11) is 0.104. The molecule has 0 saturated heterocycles. The number of rotatable bonds is 6. The van der Waals surface area contributed by atoms with Crippen LogP contribution in [0.1, 0.15) is 12.5 Å². The third-order valence-electron chi connectivity index (χ3n) is 4.27. The van der Waals surface area contributed by atoms with Crippen molar-refractivity contribution in [2.75, 3.05) is 25.3 Å². The largest absolute Gasteiger partial charge is 0.468 e. The summed E-state index contributed by atoms with van der Waals surface area (Å²) in [6.07, 6.45) is 0. The summed E-state index contributed by atoms with van der Waals surface area (Å²) in [4.78, 5) is 26.7. The molecule has 1 aromatic carbocycles. The number of hydrogen-bond donors (Lipinski definition) is 0. The van der Waals surface area contributed by atoms with E-state index in [2.05, 4.69) is 35.6 Å². The number of fused-ring (bicyclic) bond motifs is 1. The number of ether oxygens (including phenoxy) is 2. The minimum Gasteiger partial charge on any atom is -0.468 e. The Labute approximate surface area is 152 Å². The molecule has 0 aromatic heterocycles. The molecule has 0 saturated carbocycles. The molecule has 5 nitrogen and oxygen atoms in total. The molecule has 0 unspecified atom stereocenters. The van der Waals surface area contributed by atoms with Crippen LogP contribution in [0, 0.1) is 0 Å². The van der Waals surface area contributed by atoms with Gasteiger partial charge in [0.1, 0.15) is 6.73 Å². The van der Waals surface area contributed by atoms with Crippen molar-refractivity contribution >= 4 is 41.6 Å². The van der Waals surface area contributed by atoms with E-state index in [-0.39, 0.29) is 12.6 Å². The summed E-state index contributed by atoms with van der Waals surface area (Å²) >= 11 is 3.42. The van der Waals surface area contributed by atoms with Gasteiger partial charge in [-0.15, -0.1) is 0 Å². The molecule has 0 aliphatic carbocycles. The fourth-order valence-corrected chi connectivity index (χ4v) is 3.81. The molecule has 1 aliphatic heterocycles. The number of amides is 1. The monoisotopic (exact) mass is 413 g/mol. The minimum absolute atomic E-state index is 0.138. The highest BCUT2D eigenvalue weighted by atomic mass is 79.9. The molecule has 0 bridgehead atoms. The molecule has 1 heterocycles. The van der Waals surface area contributed by atoms with Crippen LogP contribution in [-0.2, 0) is 24.5 Å². The van der Waals surface area contributed by atoms with Crippen molar-refractivity contribution < 1.29 is 19.1 Å². The van der Waals surface area contributed by atoms with Gasteiger partial charge in [0.2, 0.25) is 0 Å². The maximum absolute atomic E-state index is 12.9. The molecule has 24 heavy (non-hydrogen) atoms. The van der Waals surface area contributed by atoms with Gasteiger partial charge < -0.3 is 9.47 Å². The molecular formula is C17H24BrNO4Si. The normalized spacial score (nSPS) is 20.2. The van der Waals surface area contributed by atoms with E-state index >= 15 is 0 Å². The van der Waals surface area contributed by atoms with Gasteiger partial charge in [0.05, 0.1) is 12.8 Å². The van der Waals surface area contributed by atoms with E-state index in [0.29, 0.717) is 17.9 Å². The zero-order chi connectivity index (χ0) is 18.1. The lowest BCUT2D eigenvalue weighted by molar-refractivity contribution is -0.150. The van der Waals surface area contributed by atoms with Gasteiger partial charge in [0, 0.05) is 24.7 Å². The number of esters is 1. The van der Waals surface area contributed by atoms with Gasteiger partial charge in [0.25, 0.3) is 5.91 Å². The van der Waals surface area contributed by atoms with Crippen LogP contribution >= 0.6 is 15.9 Å². The van der Waals surface area contributed by atoms with E-state index < -0.39 is 19.5 Å². The lowest BCUT2D eigenvalue weighted by Crippen LogP contribution is -2.45. The van der Waals surface area contributed by atoms with Gasteiger partial charge in [0.15, 0.2) is 5.41 Å². The zero-order valence-electron chi connectivity index (χ0n) is 14.8. The van der Waals surface area contributed by atoms with Crippen LogP contribution in [0.4, 0.5) is 5.69 Å². The number of methoxy groups -OCH3 is 1. The Bertz CT molecular complexity index is 658. The second-order valence-corrected chi connectivity index (χ2v) is 13.9. The molecule has 1 atom stereocenters. The van der Waals surface area contributed by atoms with Crippen molar-refractivity contribution in [1.82, 2.24) is 0 Å². The number of anilines is 1. The second-order valence-electron chi connectivity index (χ2n) is 7.36. The molecule has 0 spiro atoms. The van der Waals surface area contributed by atoms with Crippen LogP contribution in [0.3, 0.4) is 0 Å². The van der Waals surface area contributed by atoms with Crippen LogP contribution in [-0.4, -0.2) is 40.4 Å². The molecule has 1 amide bonds. The standard InChI is InChI=1S/C17H24BrNO4Si/c1-17(16(21)22-2)13-7-6-12(18)10-14(13)19(15(17)20)11-23-8-9-24(3,4)5/h6-7,10H,8-9,11H2,1-5H3/t17-/m0/s1. The molecule has 1 aliphatic rings. The van der Waals surface area contributed by atoms with Crippen molar-refractivity contribution in [1.29, 1.82) is 0 Å². The fourth-order valence-electron chi connectivity index (χ4n) is 2.71. The van der Waals surface area contributed by atoms with Crippen LogP contribution in [0.5, 0.6) is 0 Å². The molecule has 132 valence electrons. The van der Waals surface area contributed by atoms with Crippen molar-refractivity contribution in [3.05, 3.63) is 28.2 Å². The van der Waals surface area contributed by atoms with E-state index in [9.17, 15) is 9.59 Å². The van der Waals surface area contributed by atoms with Crippen molar-refractivity contribution in [2.45, 2.75) is 38.0 Å². The lowest BCUT2D eigenvalue weighted by atomic mass is 9.84. The number of halogens is 1. The quantitative estimate of drug-likeness (QED) is 0.309. The number of benzene rings is 1. The van der Waals surface area contributed by atoms with Gasteiger partial charge >= 0.3 is 5.97 Å². The number of nitrogens with zero attached hydrogens (tertiary/aromatic N) is 1. The Kier molecular flexibility index (Phi) is 5.56. The topological polar surface area (TPSA) is 55.8 Å². The Morgan fingerprint density at radius 3 is 2.58 bits per heavy atom. The van der Waals surface area contributed by atoms with E-state index in [1.54, 1.807) is 13.0 Å². The number of carbonyl (C=O) groups excluding carboxylic acids is 2. The minimum atomic E-state index is -1.33. The highest BCUT2D eigenvalue weighted by Crippen LogP contribution is 2.43. The summed E-state index contributed by atoms with van der Waals surface area (Å²) in [6.45, 7) is 9.18. The van der Waals surface area contributed by atoms with Crippen molar-refractivity contribution in [3.8, 4) is 0 Å². The fraction of sp³-hybridized carbons (Fsp3) is 0.529. The Balaban J connectivity index is 2.26. The highest BCUT2D eigenvalue weighted by molar-refractivity contribution is 9.10. The zero-order valence-corrected chi connectivity index (χ0v) is 17.4. The Morgan fingerprint density at radius 2 is 2.00 bits per heavy atom. The molecule has 2 rings (SSSR count). The highest BCUT2D eigenvalue weighted by Gasteiger charge is 2.54. The summed E-state index contributed by atoms with van der Waals surface area (Å²) < 4.78 is 11.5. The van der Waals surface area contributed by atoms with Crippen LogP contribution in [0.15, 0.2) is 22.7 Å². The predicted octanol–water partition coefficient (Wildman–Crippen LogP) is 3.54. The van der Waals surface area contributed by atoms with E-state index in [4.69, 9.17) is 9.47 Å². The molecule has 0 N–H and O–H groups in total. The molecule has 0 fully saturated rings. The first-order valence-electron chi connectivity index (χ1n) is 7.89. The smallest absolute Gasteiger partial charge is 0.325 e. The average Bonchev–Trinajstić information content (AvgIpc) is 2.71. The van der Waals surface area contributed by atoms with Crippen molar-refractivity contribution in [3.63, 3.8) is 0 Å². The van der Waals surface area contributed by atoms with Crippen molar-refractivity contribution in [2.24, 2.45) is 0 Å². The SMILES string of the molecule is COC(=O)[C@]1(C)C(=O)N(COCC[Si](C)(C)C)c2cc(Br)ccc21. The number of hydrogen-bond acceptors (Lipinski definition) is 4. The third kappa shape index (κ3) is 3.58. The molecule has 7 heteroatoms. The predicted molar refractivity (Wildman–Crippen MR) is 100.0 cm³/mol. The second kappa shape index (κ2) is 6.97. The van der Waals surface area contributed by atoms with Gasteiger partial charge in [-0.1, -0.05) is 41.6 Å². The summed E-state index contributed by atoms with van der Waals surface area (Å²) in [5.74, 6) is -0.865. The van der Waals surface area contributed by atoms with E-state index in [1.807, 2.05) is 12.1 Å². The van der Waals surface area contributed by atoms with Crippen LogP contribution in [0.25, 0.3) is 0 Å².